The van der Waals surface area contributed by atoms with Crippen molar-refractivity contribution in [3.63, 3.8) is 0 Å². The van der Waals surface area contributed by atoms with Crippen LogP contribution >= 0.6 is 0 Å². The Balaban J connectivity index is 1.62. The number of nitrogens with one attached hydrogen (secondary N) is 1. The van der Waals surface area contributed by atoms with E-state index in [-0.39, 0.29) is 24.5 Å². The molecule has 262 valence electrons. The van der Waals surface area contributed by atoms with Gasteiger partial charge in [0.25, 0.3) is 0 Å². The van der Waals surface area contributed by atoms with E-state index in [4.69, 9.17) is 28.9 Å². The molecular formula is C37H52N4O7. The zero-order valence-corrected chi connectivity index (χ0v) is 29.9. The van der Waals surface area contributed by atoms with Crippen LogP contribution in [0, 0.1) is 23.2 Å². The van der Waals surface area contributed by atoms with E-state index < -0.39 is 53.1 Å². The normalized spacial score (nSPS) is 26.8. The van der Waals surface area contributed by atoms with Crippen LogP contribution in [-0.2, 0) is 19.1 Å². The first-order valence-corrected chi connectivity index (χ1v) is 17.2. The smallest absolute Gasteiger partial charge is 0.408 e. The molecule has 1 saturated heterocycles. The van der Waals surface area contributed by atoms with Gasteiger partial charge in [-0.15, -0.1) is 0 Å². The van der Waals surface area contributed by atoms with Crippen LogP contribution in [0.15, 0.2) is 24.3 Å². The lowest BCUT2D eigenvalue weighted by Crippen LogP contribution is -2.58. The summed E-state index contributed by atoms with van der Waals surface area (Å²) in [6, 6.07) is 3.61. The van der Waals surface area contributed by atoms with Crippen LogP contribution in [0.1, 0.15) is 93.2 Å². The number of hydrogen-bond acceptors (Lipinski definition) is 9. The monoisotopic (exact) mass is 664 g/mol. The van der Waals surface area contributed by atoms with Crippen molar-refractivity contribution in [1.29, 1.82) is 0 Å². The quantitative estimate of drug-likeness (QED) is 0.373. The third-order valence-corrected chi connectivity index (χ3v) is 9.11. The van der Waals surface area contributed by atoms with Gasteiger partial charge in [0.2, 0.25) is 11.8 Å². The Morgan fingerprint density at radius 2 is 1.81 bits per heavy atom. The van der Waals surface area contributed by atoms with Crippen LogP contribution in [0.4, 0.5) is 4.79 Å². The molecule has 1 aromatic heterocycles. The van der Waals surface area contributed by atoms with Gasteiger partial charge in [-0.3, -0.25) is 4.79 Å². The fraction of sp³-hybridized carbons (Fsp3) is 0.649. The number of amides is 2. The van der Waals surface area contributed by atoms with Crippen molar-refractivity contribution in [3.8, 4) is 11.6 Å². The molecule has 2 amide bonds. The predicted molar refractivity (Wildman–Crippen MR) is 182 cm³/mol. The highest BCUT2D eigenvalue weighted by molar-refractivity contribution is 5.91. The molecular weight excluding hydrogens is 612 g/mol. The molecule has 0 spiro atoms. The van der Waals surface area contributed by atoms with Gasteiger partial charge in [0.05, 0.1) is 24.7 Å². The summed E-state index contributed by atoms with van der Waals surface area (Å²) in [5, 5.41) is 2.87. The largest absolute Gasteiger partial charge is 0.497 e. The number of ether oxygens (including phenoxy) is 4. The predicted octanol–water partition coefficient (Wildman–Crippen LogP) is 6.33. The van der Waals surface area contributed by atoms with E-state index in [1.54, 1.807) is 7.11 Å². The number of nitrogens with zero attached hydrogens (tertiary/aromatic N) is 3. The van der Waals surface area contributed by atoms with Crippen molar-refractivity contribution in [2.45, 2.75) is 117 Å². The summed E-state index contributed by atoms with van der Waals surface area (Å²) in [5.74, 6) is 0.0964. The molecule has 1 saturated carbocycles. The summed E-state index contributed by atoms with van der Waals surface area (Å²) in [5.41, 5.74) is 0.399. The molecule has 0 unspecified atom stereocenters. The van der Waals surface area contributed by atoms with Crippen molar-refractivity contribution >= 4 is 35.1 Å². The number of rotatable bonds is 4. The highest BCUT2D eigenvalue weighted by Gasteiger charge is 2.53. The number of fused-ring (bicyclic) bond motifs is 5. The van der Waals surface area contributed by atoms with Gasteiger partial charge in [0, 0.05) is 12.0 Å². The molecule has 6 atom stereocenters. The van der Waals surface area contributed by atoms with Gasteiger partial charge in [-0.25, -0.2) is 19.6 Å². The topological polar surface area (TPSA) is 129 Å². The average Bonchev–Trinajstić information content (AvgIpc) is 3.62. The summed E-state index contributed by atoms with van der Waals surface area (Å²) in [6.07, 6.45) is 6.62. The van der Waals surface area contributed by atoms with Crippen molar-refractivity contribution in [3.05, 3.63) is 30.0 Å². The minimum absolute atomic E-state index is 0.0924. The second kappa shape index (κ2) is 13.9. The molecule has 1 aromatic carbocycles. The maximum absolute atomic E-state index is 14.6. The third-order valence-electron chi connectivity index (χ3n) is 9.11. The Hall–Kier alpha value is -3.89. The van der Waals surface area contributed by atoms with Crippen LogP contribution in [0.3, 0.4) is 0 Å². The van der Waals surface area contributed by atoms with E-state index >= 15 is 0 Å². The molecule has 3 aliphatic rings. The molecule has 5 rings (SSSR count). The van der Waals surface area contributed by atoms with Gasteiger partial charge >= 0.3 is 12.1 Å². The molecule has 11 nitrogen and oxygen atoms in total. The van der Waals surface area contributed by atoms with Gasteiger partial charge in [-0.05, 0) is 88.3 Å². The molecule has 48 heavy (non-hydrogen) atoms. The number of carbonyl (C=O) groups excluding carboxylic acids is 3. The standard InChI is InChI=1S/C37H52N4O7/c1-21(2)17-24-29-20-41(30(24)34(43)48-37(6,7)8)33(42)31(36(3,4)5)40-35(44)47-28-18-22(28)13-11-10-12-14-26-32(46-29)39-27-19-23(45-9)15-16-25(27)38-26/h12,14-16,19,21-22,24,28-31H,10-11,13,17-18,20H2,1-9H3,(H,40,44)/t22-,24-,28-,29+,30+,31-/m1/s1. The van der Waals surface area contributed by atoms with Crippen LogP contribution < -0.4 is 14.8 Å². The highest BCUT2D eigenvalue weighted by Crippen LogP contribution is 2.40. The fourth-order valence-corrected chi connectivity index (χ4v) is 6.68. The third kappa shape index (κ3) is 8.39. The average molecular weight is 665 g/mol. The number of alkyl carbamates (subject to hydrolysis) is 1. The first-order valence-electron chi connectivity index (χ1n) is 17.2. The Morgan fingerprint density at radius 3 is 2.48 bits per heavy atom. The van der Waals surface area contributed by atoms with Crippen LogP contribution in [-0.4, -0.2) is 76.4 Å². The van der Waals surface area contributed by atoms with Crippen molar-refractivity contribution in [2.75, 3.05) is 13.7 Å². The minimum atomic E-state index is -0.962. The van der Waals surface area contributed by atoms with E-state index in [1.807, 2.05) is 65.8 Å². The van der Waals surface area contributed by atoms with E-state index in [0.29, 0.717) is 34.8 Å². The lowest BCUT2D eigenvalue weighted by molar-refractivity contribution is -0.165. The molecule has 1 N–H and O–H groups in total. The van der Waals surface area contributed by atoms with Crippen molar-refractivity contribution < 1.29 is 33.3 Å². The molecule has 1 aliphatic carbocycles. The van der Waals surface area contributed by atoms with Crippen molar-refractivity contribution in [1.82, 2.24) is 20.2 Å². The zero-order valence-electron chi connectivity index (χ0n) is 29.9. The summed E-state index contributed by atoms with van der Waals surface area (Å²) in [4.78, 5) is 53.2. The number of benzene rings is 1. The second-order valence-corrected chi connectivity index (χ2v) is 15.9. The van der Waals surface area contributed by atoms with Crippen LogP contribution in [0.25, 0.3) is 17.1 Å². The van der Waals surface area contributed by atoms with Gasteiger partial charge in [0.15, 0.2) is 0 Å². The minimum Gasteiger partial charge on any atom is -0.497 e. The lowest BCUT2D eigenvalue weighted by atomic mass is 9.85. The number of esters is 1. The van der Waals surface area contributed by atoms with E-state index in [9.17, 15) is 14.4 Å². The summed E-state index contributed by atoms with van der Waals surface area (Å²) < 4.78 is 23.9. The summed E-state index contributed by atoms with van der Waals surface area (Å²) >= 11 is 0. The lowest BCUT2D eigenvalue weighted by Gasteiger charge is -2.36. The number of carbonyl (C=O) groups is 3. The highest BCUT2D eigenvalue weighted by atomic mass is 16.6. The number of hydrogen-bond donors (Lipinski definition) is 1. The molecule has 2 bridgehead atoms. The van der Waals surface area contributed by atoms with Crippen molar-refractivity contribution in [2.24, 2.45) is 23.2 Å². The Bertz CT molecular complexity index is 1540. The number of methoxy groups -OCH3 is 1. The van der Waals surface area contributed by atoms with E-state index in [2.05, 4.69) is 25.2 Å². The van der Waals surface area contributed by atoms with Gasteiger partial charge < -0.3 is 29.2 Å². The maximum atomic E-state index is 14.6. The van der Waals surface area contributed by atoms with Gasteiger partial charge in [0.1, 0.15) is 41.3 Å². The molecule has 2 aromatic rings. The zero-order chi connectivity index (χ0) is 35.0. The Labute approximate surface area is 284 Å². The first-order chi connectivity index (χ1) is 22.5. The van der Waals surface area contributed by atoms with E-state index in [1.165, 1.54) is 4.90 Å². The van der Waals surface area contributed by atoms with Gasteiger partial charge in [-0.1, -0.05) is 40.7 Å². The maximum Gasteiger partial charge on any atom is 0.408 e. The summed E-state index contributed by atoms with van der Waals surface area (Å²) in [7, 11) is 1.60. The molecule has 3 heterocycles. The Kier molecular flexibility index (Phi) is 10.3. The summed E-state index contributed by atoms with van der Waals surface area (Å²) in [6.45, 7) is 15.3. The van der Waals surface area contributed by atoms with E-state index in [0.717, 1.165) is 25.7 Å². The molecule has 11 heteroatoms. The molecule has 2 fully saturated rings. The number of aromatic nitrogens is 2. The Morgan fingerprint density at radius 1 is 1.06 bits per heavy atom. The first kappa shape index (κ1) is 35.4. The molecule has 2 aliphatic heterocycles. The fourth-order valence-electron chi connectivity index (χ4n) is 6.68. The SMILES string of the molecule is COc1ccc2nc3c(nc2c1)O[C@H]1CN(C(=O)[C@H](C(C)(C)C)NC(=O)O[C@@H]2C[C@H]2CCCC=C3)[C@H](C(=O)OC(C)(C)C)[C@@H]1CC(C)C. The van der Waals surface area contributed by atoms with Crippen LogP contribution in [0.2, 0.25) is 0 Å². The van der Waals surface area contributed by atoms with Crippen LogP contribution in [0.5, 0.6) is 11.6 Å². The molecule has 0 radical (unpaired) electrons. The second-order valence-electron chi connectivity index (χ2n) is 15.9. The van der Waals surface area contributed by atoms with Gasteiger partial charge in [-0.2, -0.15) is 0 Å². The number of allylic oxidation sites excluding steroid dienone is 1.